The molecule has 1 saturated carbocycles. The molecule has 1 saturated heterocycles. The third-order valence-corrected chi connectivity index (χ3v) is 9.87. The van der Waals surface area contributed by atoms with Crippen molar-refractivity contribution in [3.8, 4) is 11.5 Å². The molecule has 3 N–H and O–H groups in total. The van der Waals surface area contributed by atoms with E-state index in [4.69, 9.17) is 18.9 Å². The van der Waals surface area contributed by atoms with Crippen LogP contribution in [0.1, 0.15) is 64.0 Å². The minimum absolute atomic E-state index is 0.0451. The Morgan fingerprint density at radius 1 is 1.20 bits per heavy atom. The average molecular weight is 555 g/mol. The molecule has 5 aliphatic rings. The molecule has 0 aromatic heterocycles. The third-order valence-electron chi connectivity index (χ3n) is 9.87. The van der Waals surface area contributed by atoms with E-state index in [1.807, 2.05) is 6.07 Å². The van der Waals surface area contributed by atoms with Crippen molar-refractivity contribution in [2.75, 3.05) is 13.7 Å². The summed E-state index contributed by atoms with van der Waals surface area (Å²) in [5.41, 5.74) is 0.289. The predicted octanol–water partition coefficient (Wildman–Crippen LogP) is 2.05. The minimum Gasteiger partial charge on any atom is -0.493 e. The smallest absolute Gasteiger partial charge is 0.352 e. The molecule has 10 heteroatoms. The highest BCUT2D eigenvalue weighted by molar-refractivity contribution is 5.88. The van der Waals surface area contributed by atoms with Crippen LogP contribution in [-0.2, 0) is 35.7 Å². The molecule has 216 valence electrons. The molecule has 8 atom stereocenters. The highest BCUT2D eigenvalue weighted by atomic mass is 16.6. The molecule has 1 aromatic carbocycles. The van der Waals surface area contributed by atoms with Gasteiger partial charge in [0.25, 0.3) is 0 Å². The fourth-order valence-electron chi connectivity index (χ4n) is 7.77. The Bertz CT molecular complexity index is 1270. The quantitative estimate of drug-likeness (QED) is 0.433. The second-order valence-corrected chi connectivity index (χ2v) is 12.0. The van der Waals surface area contributed by atoms with Crippen LogP contribution < -0.4 is 20.1 Å². The van der Waals surface area contributed by atoms with E-state index in [1.54, 1.807) is 13.2 Å². The summed E-state index contributed by atoms with van der Waals surface area (Å²) >= 11 is 0. The van der Waals surface area contributed by atoms with Crippen LogP contribution in [0.2, 0.25) is 0 Å². The number of aliphatic hydroxyl groups is 1. The van der Waals surface area contributed by atoms with Gasteiger partial charge in [-0.2, -0.15) is 0 Å². The molecular weight excluding hydrogens is 516 g/mol. The maximum Gasteiger partial charge on any atom is 0.352 e. The van der Waals surface area contributed by atoms with Crippen molar-refractivity contribution < 1.29 is 38.4 Å². The van der Waals surface area contributed by atoms with E-state index in [2.05, 4.69) is 23.6 Å². The summed E-state index contributed by atoms with van der Waals surface area (Å²) in [4.78, 5) is 38.2. The van der Waals surface area contributed by atoms with Crippen molar-refractivity contribution in [3.05, 3.63) is 35.1 Å². The lowest BCUT2D eigenvalue weighted by atomic mass is 9.45. The number of nitrogens with one attached hydrogen (secondary N) is 2. The van der Waals surface area contributed by atoms with Gasteiger partial charge in [-0.15, -0.1) is 0 Å². The van der Waals surface area contributed by atoms with Crippen molar-refractivity contribution >= 4 is 17.8 Å². The number of methoxy groups -OCH3 is 1. The van der Waals surface area contributed by atoms with E-state index in [0.29, 0.717) is 42.4 Å². The van der Waals surface area contributed by atoms with Crippen LogP contribution in [-0.4, -0.2) is 66.5 Å². The van der Waals surface area contributed by atoms with Crippen molar-refractivity contribution in [2.24, 2.45) is 11.8 Å². The Labute approximate surface area is 233 Å². The summed E-state index contributed by atoms with van der Waals surface area (Å²) < 4.78 is 23.4. The number of amides is 1. The molecule has 40 heavy (non-hydrogen) atoms. The lowest BCUT2D eigenvalue weighted by Gasteiger charge is -2.61. The average Bonchev–Trinajstić information content (AvgIpc) is 3.59. The van der Waals surface area contributed by atoms with Crippen LogP contribution >= 0.6 is 0 Å². The molecule has 2 aliphatic heterocycles. The van der Waals surface area contributed by atoms with E-state index >= 15 is 0 Å². The zero-order chi connectivity index (χ0) is 28.4. The number of carbonyl (C=O) groups is 3. The number of rotatable bonds is 7. The van der Waals surface area contributed by atoms with Gasteiger partial charge in [-0.05, 0) is 88.5 Å². The molecule has 6 rings (SSSR count). The summed E-state index contributed by atoms with van der Waals surface area (Å²) in [5, 5.41) is 18.1. The Kier molecular flexibility index (Phi) is 6.61. The van der Waals surface area contributed by atoms with Gasteiger partial charge in [-0.3, -0.25) is 4.79 Å². The molecule has 1 spiro atoms. The first kappa shape index (κ1) is 27.1. The number of hydrogen-bond acceptors (Lipinski definition) is 9. The zero-order valence-electron chi connectivity index (χ0n) is 23.5. The van der Waals surface area contributed by atoms with Gasteiger partial charge < -0.3 is 34.7 Å². The molecule has 2 fully saturated rings. The molecular formula is C30H38N2O8. The Morgan fingerprint density at radius 3 is 2.73 bits per heavy atom. The zero-order valence-corrected chi connectivity index (χ0v) is 23.5. The fraction of sp³-hybridized carbons (Fsp3) is 0.633. The highest BCUT2D eigenvalue weighted by Gasteiger charge is 2.72. The van der Waals surface area contributed by atoms with Crippen molar-refractivity contribution in [2.45, 2.75) is 94.6 Å². The topological polar surface area (TPSA) is 132 Å². The van der Waals surface area contributed by atoms with E-state index in [9.17, 15) is 19.5 Å². The lowest BCUT2D eigenvalue weighted by Crippen LogP contribution is -2.69. The maximum absolute atomic E-state index is 13.2. The lowest BCUT2D eigenvalue weighted by molar-refractivity contribution is -0.176. The van der Waals surface area contributed by atoms with Gasteiger partial charge in [0.15, 0.2) is 23.7 Å². The molecule has 1 amide bonds. The third kappa shape index (κ3) is 3.86. The van der Waals surface area contributed by atoms with E-state index < -0.39 is 41.2 Å². The Morgan fingerprint density at radius 2 is 2.00 bits per heavy atom. The first-order valence-electron chi connectivity index (χ1n) is 14.4. The van der Waals surface area contributed by atoms with Gasteiger partial charge >= 0.3 is 11.9 Å². The van der Waals surface area contributed by atoms with Gasteiger partial charge in [0.1, 0.15) is 11.8 Å². The highest BCUT2D eigenvalue weighted by Crippen LogP contribution is 2.68. The molecule has 0 radical (unpaired) electrons. The van der Waals surface area contributed by atoms with Crippen molar-refractivity contribution in [1.82, 2.24) is 10.6 Å². The van der Waals surface area contributed by atoms with Crippen LogP contribution in [0.4, 0.5) is 0 Å². The number of hydrogen-bond donors (Lipinski definition) is 3. The van der Waals surface area contributed by atoms with Gasteiger partial charge in [-0.1, -0.05) is 13.0 Å². The summed E-state index contributed by atoms with van der Waals surface area (Å²) in [6.07, 6.45) is 4.12. The van der Waals surface area contributed by atoms with Gasteiger partial charge in [-0.25, -0.2) is 9.59 Å². The maximum atomic E-state index is 13.2. The van der Waals surface area contributed by atoms with Gasteiger partial charge in [0.2, 0.25) is 5.91 Å². The van der Waals surface area contributed by atoms with Crippen molar-refractivity contribution in [1.29, 1.82) is 0 Å². The predicted molar refractivity (Wildman–Crippen MR) is 143 cm³/mol. The fourth-order valence-corrected chi connectivity index (χ4v) is 7.77. The van der Waals surface area contributed by atoms with Gasteiger partial charge in [0.05, 0.1) is 24.2 Å². The first-order valence-corrected chi connectivity index (χ1v) is 14.4. The summed E-state index contributed by atoms with van der Waals surface area (Å²) in [6, 6.07) is 2.71. The SMILES string of the molecule is COc1ccc2c3c1O[C@H]1C(OC(=O)[C@H](C)OC(=O)[C@H](C)NC(=O)[C@@H]4CCCN4)=CC[C@@]4(O)[C@@H](C2)C(C)CC[C@]314. The first-order chi connectivity index (χ1) is 19.1. The van der Waals surface area contributed by atoms with Crippen LogP contribution in [0.3, 0.4) is 0 Å². The van der Waals surface area contributed by atoms with Crippen LogP contribution in [0, 0.1) is 11.8 Å². The molecule has 1 unspecified atom stereocenters. The molecule has 1 aromatic rings. The summed E-state index contributed by atoms with van der Waals surface area (Å²) in [7, 11) is 1.59. The van der Waals surface area contributed by atoms with Gasteiger partial charge in [0, 0.05) is 5.56 Å². The summed E-state index contributed by atoms with van der Waals surface area (Å²) in [6.45, 7) is 5.92. The Balaban J connectivity index is 1.20. The Hall–Kier alpha value is -3.11. The number of carbonyl (C=O) groups excluding carboxylic acids is 3. The van der Waals surface area contributed by atoms with Crippen LogP contribution in [0.25, 0.3) is 0 Å². The number of benzene rings is 1. The van der Waals surface area contributed by atoms with E-state index in [-0.39, 0.29) is 17.9 Å². The van der Waals surface area contributed by atoms with Crippen molar-refractivity contribution in [3.63, 3.8) is 0 Å². The molecule has 3 aliphatic carbocycles. The van der Waals surface area contributed by atoms with Crippen LogP contribution in [0.5, 0.6) is 11.5 Å². The minimum atomic E-state index is -1.21. The molecule has 2 bridgehead atoms. The number of esters is 2. The normalized spacial score (nSPS) is 34.5. The van der Waals surface area contributed by atoms with E-state index in [1.165, 1.54) is 13.8 Å². The molecule has 10 nitrogen and oxygen atoms in total. The number of ether oxygens (including phenoxy) is 4. The second-order valence-electron chi connectivity index (χ2n) is 12.0. The monoisotopic (exact) mass is 554 g/mol. The second kappa shape index (κ2) is 9.76. The van der Waals surface area contributed by atoms with Crippen LogP contribution in [0.15, 0.2) is 24.0 Å². The summed E-state index contributed by atoms with van der Waals surface area (Å²) in [5.74, 6) is 0.127. The van der Waals surface area contributed by atoms with E-state index in [0.717, 1.165) is 36.9 Å². The standard InChI is InChI=1S/C30H38N2O8/c1-15-9-11-29-23-18-7-8-21(37-4)24(23)40-25(29)22(10-12-30(29,36)19(15)14-18)39-28(35)17(3)38-27(34)16(2)32-26(33)20-6-5-13-31-20/h7-8,10,15-17,19-20,25,31,36H,5-6,9,11-14H2,1-4H3,(H,32,33)/t15?,16-,17-,19-,20-,25-,29-,30+/m0/s1. The molecule has 2 heterocycles. The largest absolute Gasteiger partial charge is 0.493 e.